The smallest absolute Gasteiger partial charge is 0.411 e. The molecule has 0 bridgehead atoms. The Bertz CT molecular complexity index is 1260. The lowest BCUT2D eigenvalue weighted by molar-refractivity contribution is -0.0568. The number of anilines is 3. The molecule has 1 aromatic heterocycles. The van der Waals surface area contributed by atoms with Crippen molar-refractivity contribution in [2.75, 3.05) is 29.1 Å². The van der Waals surface area contributed by atoms with Gasteiger partial charge in [0.1, 0.15) is 16.3 Å². The van der Waals surface area contributed by atoms with Gasteiger partial charge in [0, 0.05) is 55.4 Å². The predicted octanol–water partition coefficient (Wildman–Crippen LogP) is 3.56. The summed E-state index contributed by atoms with van der Waals surface area (Å²) < 4.78 is 32.2. The lowest BCUT2D eigenvalue weighted by atomic mass is 9.73. The van der Waals surface area contributed by atoms with Gasteiger partial charge in [-0.2, -0.15) is 4.98 Å². The Morgan fingerprint density at radius 2 is 2.12 bits per heavy atom. The summed E-state index contributed by atoms with van der Waals surface area (Å²) in [4.78, 5) is 24.4. The SMILES string of the molecule is O=C1NC2=CC=CCC2C2(CCN(c3nc4c(c(Nc5cccc(F)c5)n3)S(=O)CC4)CC2)O1. The van der Waals surface area contributed by atoms with Crippen LogP contribution in [0.1, 0.15) is 25.0 Å². The van der Waals surface area contributed by atoms with Crippen LogP contribution in [0.25, 0.3) is 0 Å². The molecule has 2 saturated heterocycles. The molecule has 3 aliphatic heterocycles. The van der Waals surface area contributed by atoms with E-state index in [2.05, 4.69) is 21.6 Å². The fraction of sp³-hybridized carbons (Fsp3) is 0.375. The Kier molecular flexibility index (Phi) is 5.13. The van der Waals surface area contributed by atoms with Crippen molar-refractivity contribution in [3.8, 4) is 0 Å². The standard InChI is InChI=1S/C24H24FN5O3S/c25-15-4-3-5-16(14-15)26-21-20-19(8-13-34(20)32)27-22(29-21)30-11-9-24(10-12-30)17-6-1-2-7-18(17)28-23(31)33-24/h1-5,7,14,17H,6,8-13H2,(H,28,31)(H,26,27,29). The summed E-state index contributed by atoms with van der Waals surface area (Å²) in [6.45, 7) is 1.25. The molecule has 2 aromatic rings. The highest BCUT2D eigenvalue weighted by atomic mass is 32.2. The van der Waals surface area contributed by atoms with Crippen molar-refractivity contribution >= 4 is 34.3 Å². The summed E-state index contributed by atoms with van der Waals surface area (Å²) in [6.07, 6.45) is 8.39. The molecule has 1 spiro atoms. The zero-order valence-corrected chi connectivity index (χ0v) is 19.2. The number of benzene rings is 1. The zero-order valence-electron chi connectivity index (χ0n) is 18.4. The van der Waals surface area contributed by atoms with E-state index in [1.54, 1.807) is 12.1 Å². The summed E-state index contributed by atoms with van der Waals surface area (Å²) in [7, 11) is -1.20. The van der Waals surface area contributed by atoms with E-state index in [1.165, 1.54) is 12.1 Å². The Labute approximate surface area is 198 Å². The number of ether oxygens (including phenoxy) is 1. The number of rotatable bonds is 3. The van der Waals surface area contributed by atoms with Crippen LogP contribution in [-0.4, -0.2) is 44.7 Å². The van der Waals surface area contributed by atoms with Crippen molar-refractivity contribution < 1.29 is 18.1 Å². The number of carbonyl (C=O) groups is 1. The van der Waals surface area contributed by atoms with E-state index in [-0.39, 0.29) is 11.7 Å². The number of piperidine rings is 1. The Balaban J connectivity index is 1.27. The number of hydrogen-bond acceptors (Lipinski definition) is 7. The number of alkyl carbamates (subject to hydrolysis) is 1. The van der Waals surface area contributed by atoms with Crippen molar-refractivity contribution in [2.45, 2.75) is 36.2 Å². The van der Waals surface area contributed by atoms with Gasteiger partial charge in [0.2, 0.25) is 5.95 Å². The molecule has 8 nitrogen and oxygen atoms in total. The van der Waals surface area contributed by atoms with Crippen LogP contribution < -0.4 is 15.5 Å². The number of nitrogens with one attached hydrogen (secondary N) is 2. The monoisotopic (exact) mass is 481 g/mol. The van der Waals surface area contributed by atoms with Gasteiger partial charge in [-0.15, -0.1) is 0 Å². The minimum absolute atomic E-state index is 0.117. The second kappa shape index (κ2) is 8.19. The molecule has 2 fully saturated rings. The van der Waals surface area contributed by atoms with E-state index in [4.69, 9.17) is 14.7 Å². The van der Waals surface area contributed by atoms with Crippen molar-refractivity contribution in [1.29, 1.82) is 0 Å². The van der Waals surface area contributed by atoms with Crippen LogP contribution in [0.3, 0.4) is 0 Å². The Morgan fingerprint density at radius 3 is 2.94 bits per heavy atom. The minimum atomic E-state index is -1.20. The fourth-order valence-electron chi connectivity index (χ4n) is 5.30. The van der Waals surface area contributed by atoms with Gasteiger partial charge >= 0.3 is 6.09 Å². The maximum absolute atomic E-state index is 13.7. The highest BCUT2D eigenvalue weighted by Crippen LogP contribution is 2.43. The van der Waals surface area contributed by atoms with Gasteiger partial charge in [-0.05, 0) is 30.7 Å². The average Bonchev–Trinajstić information content (AvgIpc) is 3.20. The molecule has 1 amide bonds. The number of nitrogens with zero attached hydrogens (tertiary/aromatic N) is 3. The maximum atomic E-state index is 13.7. The van der Waals surface area contributed by atoms with Crippen molar-refractivity contribution in [3.05, 3.63) is 59.7 Å². The van der Waals surface area contributed by atoms with Crippen LogP contribution in [0.15, 0.2) is 53.1 Å². The second-order valence-electron chi connectivity index (χ2n) is 8.99. The van der Waals surface area contributed by atoms with Gasteiger partial charge in [0.05, 0.1) is 16.5 Å². The number of halogens is 1. The van der Waals surface area contributed by atoms with Crippen LogP contribution in [0.4, 0.5) is 26.6 Å². The number of allylic oxidation sites excluding steroid dienone is 3. The Morgan fingerprint density at radius 1 is 1.26 bits per heavy atom. The highest BCUT2D eigenvalue weighted by Gasteiger charge is 2.50. The molecule has 2 atom stereocenters. The van der Waals surface area contributed by atoms with Gasteiger partial charge in [0.15, 0.2) is 5.82 Å². The molecule has 2 N–H and O–H groups in total. The summed E-state index contributed by atoms with van der Waals surface area (Å²) in [5.41, 5.74) is 1.68. The molecule has 176 valence electrons. The first kappa shape index (κ1) is 21.3. The van der Waals surface area contributed by atoms with Gasteiger partial charge in [0.25, 0.3) is 0 Å². The van der Waals surface area contributed by atoms with E-state index in [1.807, 2.05) is 12.2 Å². The normalized spacial score (nSPS) is 24.7. The molecule has 2 unspecified atom stereocenters. The Hall–Kier alpha value is -3.27. The van der Waals surface area contributed by atoms with Crippen molar-refractivity contribution in [1.82, 2.24) is 15.3 Å². The van der Waals surface area contributed by atoms with Crippen molar-refractivity contribution in [3.63, 3.8) is 0 Å². The number of amides is 1. The van der Waals surface area contributed by atoms with Gasteiger partial charge in [-0.1, -0.05) is 18.2 Å². The lowest BCUT2D eigenvalue weighted by Crippen LogP contribution is -2.58. The van der Waals surface area contributed by atoms with Crippen LogP contribution >= 0.6 is 0 Å². The van der Waals surface area contributed by atoms with Crippen LogP contribution in [0.2, 0.25) is 0 Å². The first-order valence-electron chi connectivity index (χ1n) is 11.4. The summed E-state index contributed by atoms with van der Waals surface area (Å²) in [5, 5.41) is 6.00. The van der Waals surface area contributed by atoms with Gasteiger partial charge in [-0.3, -0.25) is 9.53 Å². The van der Waals surface area contributed by atoms with Gasteiger partial charge < -0.3 is 15.0 Å². The quantitative estimate of drug-likeness (QED) is 0.692. The molecule has 4 heterocycles. The number of aryl methyl sites for hydroxylation is 1. The fourth-order valence-corrected chi connectivity index (χ4v) is 6.61. The first-order valence-corrected chi connectivity index (χ1v) is 12.8. The van der Waals surface area contributed by atoms with Gasteiger partial charge in [-0.25, -0.2) is 14.2 Å². The van der Waals surface area contributed by atoms with E-state index in [0.717, 1.165) is 17.8 Å². The third kappa shape index (κ3) is 3.66. The number of aromatic nitrogens is 2. The molecule has 1 aromatic carbocycles. The van der Waals surface area contributed by atoms with E-state index >= 15 is 0 Å². The number of fused-ring (bicyclic) bond motifs is 3. The maximum Gasteiger partial charge on any atom is 0.411 e. The highest BCUT2D eigenvalue weighted by molar-refractivity contribution is 7.85. The summed E-state index contributed by atoms with van der Waals surface area (Å²) >= 11 is 0. The first-order chi connectivity index (χ1) is 16.5. The molecular weight excluding hydrogens is 457 g/mol. The predicted molar refractivity (Wildman–Crippen MR) is 126 cm³/mol. The third-order valence-corrected chi connectivity index (χ3v) is 8.45. The van der Waals surface area contributed by atoms with Crippen LogP contribution in [0.5, 0.6) is 0 Å². The summed E-state index contributed by atoms with van der Waals surface area (Å²) in [5.74, 6) is 1.26. The van der Waals surface area contributed by atoms with E-state index < -0.39 is 22.5 Å². The number of hydrogen-bond donors (Lipinski definition) is 2. The van der Waals surface area contributed by atoms with E-state index in [9.17, 15) is 13.4 Å². The second-order valence-corrected chi connectivity index (χ2v) is 10.5. The molecule has 1 aliphatic carbocycles. The van der Waals surface area contributed by atoms with E-state index in [0.29, 0.717) is 60.5 Å². The van der Waals surface area contributed by atoms with Crippen LogP contribution in [0, 0.1) is 11.7 Å². The molecule has 0 saturated carbocycles. The minimum Gasteiger partial charge on any atom is -0.442 e. The molecular formula is C24H24FN5O3S. The topological polar surface area (TPSA) is 96.5 Å². The average molecular weight is 482 g/mol. The third-order valence-electron chi connectivity index (χ3n) is 6.99. The summed E-state index contributed by atoms with van der Waals surface area (Å²) in [6, 6.07) is 6.12. The molecule has 4 aliphatic rings. The lowest BCUT2D eigenvalue weighted by Gasteiger charge is -2.49. The molecule has 10 heteroatoms. The van der Waals surface area contributed by atoms with Crippen molar-refractivity contribution in [2.24, 2.45) is 5.92 Å². The number of carbonyl (C=O) groups excluding carboxylic acids is 1. The zero-order chi connectivity index (χ0) is 23.3. The molecule has 0 radical (unpaired) electrons. The van der Waals surface area contributed by atoms with Crippen LogP contribution in [-0.2, 0) is 22.0 Å². The molecule has 6 rings (SSSR count). The molecule has 34 heavy (non-hydrogen) atoms. The largest absolute Gasteiger partial charge is 0.442 e.